The van der Waals surface area contributed by atoms with Gasteiger partial charge in [-0.2, -0.15) is 0 Å². The molecule has 2 heterocycles. The van der Waals surface area contributed by atoms with Gasteiger partial charge in [-0.1, -0.05) is 24.3 Å². The van der Waals surface area contributed by atoms with E-state index in [0.717, 1.165) is 30.4 Å². The van der Waals surface area contributed by atoms with E-state index in [1.165, 1.54) is 4.88 Å². The number of halogens is 1. The van der Waals surface area contributed by atoms with Gasteiger partial charge in [-0.25, -0.2) is 0 Å². The van der Waals surface area contributed by atoms with E-state index in [2.05, 4.69) is 43.3 Å². The normalized spacial score (nSPS) is 11.0. The van der Waals surface area contributed by atoms with Crippen molar-refractivity contribution in [2.45, 2.75) is 13.0 Å². The minimum Gasteiger partial charge on any atom is -0.356 e. The first-order chi connectivity index (χ1) is 11.9. The summed E-state index contributed by atoms with van der Waals surface area (Å²) in [4.78, 5) is 5.61. The van der Waals surface area contributed by atoms with Crippen LogP contribution in [0.3, 0.4) is 0 Å². The van der Waals surface area contributed by atoms with Crippen LogP contribution in [0.2, 0.25) is 0 Å². The van der Waals surface area contributed by atoms with E-state index < -0.39 is 0 Å². The lowest BCUT2D eigenvalue weighted by atomic mass is 10.3. The smallest absolute Gasteiger partial charge is 0.191 e. The molecule has 3 rings (SSSR count). The molecule has 132 valence electrons. The van der Waals surface area contributed by atoms with Crippen LogP contribution in [0.1, 0.15) is 10.7 Å². The second-order valence-electron chi connectivity index (χ2n) is 5.13. The van der Waals surface area contributed by atoms with Crippen LogP contribution in [-0.4, -0.2) is 34.3 Å². The molecule has 2 N–H and O–H groups in total. The number of aromatic nitrogens is 3. The molecular formula is C17H21IN6S. The van der Waals surface area contributed by atoms with Crippen molar-refractivity contribution in [2.75, 3.05) is 13.6 Å². The van der Waals surface area contributed by atoms with Gasteiger partial charge in [0.2, 0.25) is 0 Å². The Labute approximate surface area is 168 Å². The van der Waals surface area contributed by atoms with Crippen molar-refractivity contribution in [1.82, 2.24) is 25.4 Å². The topological polar surface area (TPSA) is 67.1 Å². The number of hydrogen-bond donors (Lipinski definition) is 2. The van der Waals surface area contributed by atoms with Crippen LogP contribution in [0.25, 0.3) is 5.69 Å². The van der Waals surface area contributed by atoms with E-state index in [1.807, 2.05) is 34.9 Å². The number of nitrogens with one attached hydrogen (secondary N) is 2. The highest BCUT2D eigenvalue weighted by molar-refractivity contribution is 14.0. The van der Waals surface area contributed by atoms with Gasteiger partial charge in [-0.3, -0.25) is 9.56 Å². The molecule has 0 saturated carbocycles. The fourth-order valence-corrected chi connectivity index (χ4v) is 3.04. The lowest BCUT2D eigenvalue weighted by Gasteiger charge is -2.12. The molecule has 0 radical (unpaired) electrons. The first-order valence-electron chi connectivity index (χ1n) is 7.78. The first kappa shape index (κ1) is 19.4. The predicted octanol–water partition coefficient (Wildman–Crippen LogP) is 2.85. The molecular weight excluding hydrogens is 447 g/mol. The zero-order valence-electron chi connectivity index (χ0n) is 13.9. The Morgan fingerprint density at radius 1 is 1.16 bits per heavy atom. The summed E-state index contributed by atoms with van der Waals surface area (Å²) in [5.74, 6) is 1.59. The Bertz CT molecular complexity index is 770. The molecule has 25 heavy (non-hydrogen) atoms. The van der Waals surface area contributed by atoms with Gasteiger partial charge in [0.15, 0.2) is 11.8 Å². The van der Waals surface area contributed by atoms with Crippen LogP contribution < -0.4 is 10.6 Å². The van der Waals surface area contributed by atoms with E-state index in [-0.39, 0.29) is 24.0 Å². The molecule has 0 amide bonds. The van der Waals surface area contributed by atoms with Crippen molar-refractivity contribution < 1.29 is 0 Å². The maximum atomic E-state index is 4.25. The van der Waals surface area contributed by atoms with Gasteiger partial charge in [0, 0.05) is 24.2 Å². The van der Waals surface area contributed by atoms with Gasteiger partial charge in [0.05, 0.1) is 6.54 Å². The van der Waals surface area contributed by atoms with Crippen LogP contribution in [-0.2, 0) is 13.0 Å². The van der Waals surface area contributed by atoms with Gasteiger partial charge in [-0.05, 0) is 30.0 Å². The largest absolute Gasteiger partial charge is 0.356 e. The minimum atomic E-state index is 0. The van der Waals surface area contributed by atoms with Crippen LogP contribution in [0.5, 0.6) is 0 Å². The molecule has 2 aromatic heterocycles. The maximum Gasteiger partial charge on any atom is 0.191 e. The summed E-state index contributed by atoms with van der Waals surface area (Å²) in [6.07, 6.45) is 2.71. The number of benzene rings is 1. The summed E-state index contributed by atoms with van der Waals surface area (Å²) in [5, 5.41) is 16.9. The number of aliphatic imine (C=N–C) groups is 1. The highest BCUT2D eigenvalue weighted by Gasteiger charge is 2.07. The highest BCUT2D eigenvalue weighted by atomic mass is 127. The number of nitrogens with zero attached hydrogens (tertiary/aromatic N) is 4. The number of hydrogen-bond acceptors (Lipinski definition) is 4. The van der Waals surface area contributed by atoms with E-state index in [1.54, 1.807) is 24.7 Å². The van der Waals surface area contributed by atoms with Crippen LogP contribution >= 0.6 is 35.3 Å². The van der Waals surface area contributed by atoms with Crippen molar-refractivity contribution in [3.8, 4) is 5.69 Å². The standard InChI is InChI=1S/C17H20N6S.HI/c1-18-17(19-10-9-15-8-5-11-24-15)20-12-16-22-21-13-23(16)14-6-3-2-4-7-14;/h2-8,11,13H,9-10,12H2,1H3,(H2,18,19,20);1H. The lowest BCUT2D eigenvalue weighted by Crippen LogP contribution is -2.38. The summed E-state index contributed by atoms with van der Waals surface area (Å²) >= 11 is 1.77. The van der Waals surface area contributed by atoms with Crippen LogP contribution in [0, 0.1) is 0 Å². The van der Waals surface area contributed by atoms with E-state index in [0.29, 0.717) is 6.54 Å². The molecule has 8 heteroatoms. The van der Waals surface area contributed by atoms with E-state index in [9.17, 15) is 0 Å². The lowest BCUT2D eigenvalue weighted by molar-refractivity contribution is 0.751. The maximum absolute atomic E-state index is 4.25. The first-order valence-corrected chi connectivity index (χ1v) is 8.66. The monoisotopic (exact) mass is 468 g/mol. The predicted molar refractivity (Wildman–Crippen MR) is 113 cm³/mol. The third-order valence-corrected chi connectivity index (χ3v) is 4.47. The minimum absolute atomic E-state index is 0. The molecule has 0 bridgehead atoms. The third-order valence-electron chi connectivity index (χ3n) is 3.53. The molecule has 0 unspecified atom stereocenters. The Morgan fingerprint density at radius 3 is 2.72 bits per heavy atom. The summed E-state index contributed by atoms with van der Waals surface area (Å²) in [6.45, 7) is 1.39. The highest BCUT2D eigenvalue weighted by Crippen LogP contribution is 2.09. The number of rotatable bonds is 6. The second-order valence-corrected chi connectivity index (χ2v) is 6.17. The molecule has 3 aromatic rings. The average Bonchev–Trinajstić information content (AvgIpc) is 3.30. The van der Waals surface area contributed by atoms with Crippen molar-refractivity contribution in [3.05, 3.63) is 64.9 Å². The summed E-state index contributed by atoms with van der Waals surface area (Å²) in [6, 6.07) is 14.3. The Hall–Kier alpha value is -1.94. The molecule has 6 nitrogen and oxygen atoms in total. The summed E-state index contributed by atoms with van der Waals surface area (Å²) in [5.41, 5.74) is 1.04. The molecule has 0 aliphatic rings. The van der Waals surface area contributed by atoms with Crippen molar-refractivity contribution >= 4 is 41.3 Å². The van der Waals surface area contributed by atoms with Gasteiger partial charge in [0.25, 0.3) is 0 Å². The van der Waals surface area contributed by atoms with Crippen molar-refractivity contribution in [3.63, 3.8) is 0 Å². The number of thiophene rings is 1. The fraction of sp³-hybridized carbons (Fsp3) is 0.235. The Balaban J connectivity index is 0.00000225. The summed E-state index contributed by atoms with van der Waals surface area (Å²) in [7, 11) is 1.77. The van der Waals surface area contributed by atoms with Gasteiger partial charge < -0.3 is 10.6 Å². The Morgan fingerprint density at radius 2 is 2.00 bits per heavy atom. The van der Waals surface area contributed by atoms with Crippen LogP contribution in [0.4, 0.5) is 0 Å². The molecule has 0 saturated heterocycles. The van der Waals surface area contributed by atoms with Crippen molar-refractivity contribution in [1.29, 1.82) is 0 Å². The molecule has 0 spiro atoms. The number of para-hydroxylation sites is 1. The van der Waals surface area contributed by atoms with E-state index >= 15 is 0 Å². The van der Waals surface area contributed by atoms with Gasteiger partial charge in [0.1, 0.15) is 6.33 Å². The average molecular weight is 468 g/mol. The van der Waals surface area contributed by atoms with Gasteiger partial charge >= 0.3 is 0 Å². The zero-order valence-corrected chi connectivity index (χ0v) is 17.1. The SMILES string of the molecule is CN=C(NCCc1cccs1)NCc1nncn1-c1ccccc1.I. The van der Waals surface area contributed by atoms with Gasteiger partial charge in [-0.15, -0.1) is 45.5 Å². The molecule has 0 aliphatic heterocycles. The molecule has 0 aliphatic carbocycles. The molecule has 1 aromatic carbocycles. The molecule has 0 atom stereocenters. The quantitative estimate of drug-likeness (QED) is 0.332. The fourth-order valence-electron chi connectivity index (χ4n) is 2.33. The second kappa shape index (κ2) is 10.1. The van der Waals surface area contributed by atoms with E-state index in [4.69, 9.17) is 0 Å². The third kappa shape index (κ3) is 5.53. The zero-order chi connectivity index (χ0) is 16.6. The molecule has 0 fully saturated rings. The van der Waals surface area contributed by atoms with Crippen molar-refractivity contribution in [2.24, 2.45) is 4.99 Å². The Kier molecular flexibility index (Phi) is 7.86. The van der Waals surface area contributed by atoms with Crippen LogP contribution in [0.15, 0.2) is 59.2 Å². The summed E-state index contributed by atoms with van der Waals surface area (Å²) < 4.78 is 1.96. The number of guanidine groups is 1.